The minimum atomic E-state index is -4.52. The number of hydrogen-bond acceptors (Lipinski definition) is 18. The van der Waals surface area contributed by atoms with Crippen LogP contribution in [0, 0.1) is 0 Å². The van der Waals surface area contributed by atoms with Gasteiger partial charge in [-0.3, -0.25) is 14.1 Å². The van der Waals surface area contributed by atoms with Gasteiger partial charge in [-0.1, -0.05) is 85.3 Å². The molecule has 0 saturated carbocycles. The Balaban J connectivity index is 1.08. The van der Waals surface area contributed by atoms with E-state index in [4.69, 9.17) is 28.8 Å². The number of carbonyl (C=O) groups is 2. The van der Waals surface area contributed by atoms with Crippen molar-refractivity contribution >= 4 is 98.0 Å². The van der Waals surface area contributed by atoms with Crippen molar-refractivity contribution in [2.75, 3.05) is 40.0 Å². The molecule has 4 aromatic carbocycles. The van der Waals surface area contributed by atoms with Gasteiger partial charge in [0.1, 0.15) is 18.6 Å². The fourth-order valence-corrected chi connectivity index (χ4v) is 12.7. The SMILES string of the molecule is CC1(C)C(=CC=CC2=[N+](CSOOO)c3ccccc3C2(C)C)N(CSOOO)c2ccc(NC(=O)C[N+]3=C(C=CC=CC=C4N(CC(=O)O)c5ccc(S(=O)(=O)O)cc5C4(C)C)C(C)(C)c4cc(SOOO)ccc43)cc21. The second-order valence-corrected chi connectivity index (χ2v) is 24.0. The molecule has 0 unspecified atom stereocenters. The number of hydrogen-bond donors (Lipinski definition) is 6. The average molecular weight is 1150 g/mol. The van der Waals surface area contributed by atoms with Crippen LogP contribution in [0.1, 0.15) is 77.6 Å². The number of amides is 1. The number of carboxylic acid groups (broad SMARTS) is 1. The number of para-hydroxylation sites is 1. The zero-order valence-electron chi connectivity index (χ0n) is 43.7. The molecule has 1 amide bonds. The Bertz CT molecular complexity index is 3370. The van der Waals surface area contributed by atoms with Gasteiger partial charge in [0, 0.05) is 79.6 Å². The highest BCUT2D eigenvalue weighted by Crippen LogP contribution is 2.51. The van der Waals surface area contributed by atoms with Gasteiger partial charge in [0.15, 0.2) is 11.4 Å². The first-order chi connectivity index (χ1) is 37.0. The molecule has 6 N–H and O–H groups in total. The fourth-order valence-electron chi connectivity index (χ4n) is 10.8. The van der Waals surface area contributed by atoms with E-state index in [-0.39, 0.29) is 28.6 Å². The molecule has 0 saturated heterocycles. The summed E-state index contributed by atoms with van der Waals surface area (Å²) in [5, 5.41) is 51.4. The van der Waals surface area contributed by atoms with Gasteiger partial charge < -0.3 is 20.2 Å². The van der Waals surface area contributed by atoms with Crippen LogP contribution in [-0.2, 0) is 69.5 Å². The number of carboxylic acids is 1. The molecular weight excluding hydrogens is 1090 g/mol. The fraction of sp³-hybridized carbons (Fsp3) is 0.296. The number of nitrogens with one attached hydrogen (secondary N) is 1. The zero-order valence-corrected chi connectivity index (χ0v) is 47.0. The lowest BCUT2D eigenvalue weighted by molar-refractivity contribution is -0.443. The third kappa shape index (κ3) is 11.6. The van der Waals surface area contributed by atoms with E-state index in [0.717, 1.165) is 87.0 Å². The predicted octanol–water partition coefficient (Wildman–Crippen LogP) is 10.9. The smallest absolute Gasteiger partial charge is 0.323 e. The summed E-state index contributed by atoms with van der Waals surface area (Å²) in [4.78, 5) is 30.4. The Morgan fingerprint density at radius 2 is 1.24 bits per heavy atom. The molecule has 78 heavy (non-hydrogen) atoms. The van der Waals surface area contributed by atoms with Gasteiger partial charge >= 0.3 is 5.97 Å². The molecule has 8 rings (SSSR count). The van der Waals surface area contributed by atoms with E-state index in [1.807, 2.05) is 116 Å². The van der Waals surface area contributed by atoms with Gasteiger partial charge in [0.05, 0.1) is 45.7 Å². The summed E-state index contributed by atoms with van der Waals surface area (Å²) in [6.07, 6.45) is 15.0. The minimum Gasteiger partial charge on any atom is -0.480 e. The van der Waals surface area contributed by atoms with E-state index in [1.54, 1.807) is 29.2 Å². The number of anilines is 3. The maximum atomic E-state index is 14.4. The Hall–Kier alpha value is -5.94. The topological polar surface area (TPSA) is 249 Å². The quantitative estimate of drug-likeness (QED) is 0.00814. The summed E-state index contributed by atoms with van der Waals surface area (Å²) in [5.74, 6) is -0.847. The summed E-state index contributed by atoms with van der Waals surface area (Å²) in [7, 11) is -4.52. The first-order valence-electron chi connectivity index (χ1n) is 24.1. The lowest BCUT2D eigenvalue weighted by Gasteiger charge is -2.26. The van der Waals surface area contributed by atoms with E-state index in [0.29, 0.717) is 33.4 Å². The van der Waals surface area contributed by atoms with Gasteiger partial charge in [-0.15, -0.1) is 13.0 Å². The van der Waals surface area contributed by atoms with Gasteiger partial charge in [0.25, 0.3) is 16.0 Å². The monoisotopic (exact) mass is 1150 g/mol. The largest absolute Gasteiger partial charge is 0.480 e. The van der Waals surface area contributed by atoms with Crippen molar-refractivity contribution in [1.82, 2.24) is 0 Å². The average Bonchev–Trinajstić information content (AvgIpc) is 3.91. The Labute approximate surface area is 464 Å². The molecular formula is C54H59N5O15S4+2. The molecule has 0 aliphatic carbocycles. The molecule has 24 heteroatoms. The number of fused-ring (bicyclic) bond motifs is 4. The predicted molar refractivity (Wildman–Crippen MR) is 297 cm³/mol. The number of rotatable bonds is 22. The van der Waals surface area contributed by atoms with Crippen LogP contribution in [0.5, 0.6) is 0 Å². The summed E-state index contributed by atoms with van der Waals surface area (Å²) >= 11 is 2.65. The third-order valence-corrected chi connectivity index (χ3v) is 17.0. The van der Waals surface area contributed by atoms with Gasteiger partial charge in [-0.2, -0.15) is 17.6 Å². The number of aliphatic carboxylic acids is 1. The summed E-state index contributed by atoms with van der Waals surface area (Å²) in [6.45, 7) is 15.7. The van der Waals surface area contributed by atoms with E-state index in [9.17, 15) is 27.7 Å². The van der Waals surface area contributed by atoms with Crippen LogP contribution in [0.15, 0.2) is 149 Å². The Kier molecular flexibility index (Phi) is 17.5. The highest BCUT2D eigenvalue weighted by atomic mass is 32.2. The molecule has 4 aliphatic rings. The van der Waals surface area contributed by atoms with Crippen LogP contribution < -0.4 is 15.1 Å². The van der Waals surface area contributed by atoms with Crippen LogP contribution in [0.2, 0.25) is 0 Å². The van der Waals surface area contributed by atoms with E-state index < -0.39 is 38.9 Å². The molecule has 4 heterocycles. The van der Waals surface area contributed by atoms with Crippen LogP contribution >= 0.6 is 36.1 Å². The van der Waals surface area contributed by atoms with Crippen LogP contribution in [-0.4, -0.2) is 91.1 Å². The molecule has 4 aliphatic heterocycles. The highest BCUT2D eigenvalue weighted by Gasteiger charge is 2.47. The van der Waals surface area contributed by atoms with Crippen molar-refractivity contribution in [2.45, 2.75) is 86.8 Å². The maximum Gasteiger partial charge on any atom is 0.323 e. The Morgan fingerprint density at radius 3 is 1.95 bits per heavy atom. The lowest BCUT2D eigenvalue weighted by Crippen LogP contribution is -2.31. The van der Waals surface area contributed by atoms with Crippen molar-refractivity contribution in [1.29, 1.82) is 0 Å². The van der Waals surface area contributed by atoms with E-state index in [1.165, 1.54) is 18.2 Å². The van der Waals surface area contributed by atoms with Crippen molar-refractivity contribution in [3.63, 3.8) is 0 Å². The number of allylic oxidation sites excluding steroid dienone is 10. The van der Waals surface area contributed by atoms with Crippen molar-refractivity contribution in [3.8, 4) is 0 Å². The number of benzene rings is 4. The van der Waals surface area contributed by atoms with E-state index in [2.05, 4.69) is 58.8 Å². The lowest BCUT2D eigenvalue weighted by atomic mass is 9.81. The normalized spacial score (nSPS) is 18.8. The second-order valence-electron chi connectivity index (χ2n) is 20.5. The number of nitrogens with zero attached hydrogens (tertiary/aromatic N) is 4. The van der Waals surface area contributed by atoms with Crippen LogP contribution in [0.4, 0.5) is 28.4 Å². The maximum absolute atomic E-state index is 14.4. The first-order valence-corrected chi connectivity index (χ1v) is 28.1. The summed E-state index contributed by atoms with van der Waals surface area (Å²) in [5.41, 5.74) is 7.79. The zero-order chi connectivity index (χ0) is 56.4. The molecule has 4 aromatic rings. The molecule has 0 aromatic heterocycles. The van der Waals surface area contributed by atoms with Crippen molar-refractivity contribution in [3.05, 3.63) is 161 Å². The molecule has 412 valence electrons. The van der Waals surface area contributed by atoms with E-state index >= 15 is 0 Å². The van der Waals surface area contributed by atoms with Crippen LogP contribution in [0.25, 0.3) is 0 Å². The third-order valence-electron chi connectivity index (χ3n) is 14.5. The van der Waals surface area contributed by atoms with Gasteiger partial charge in [-0.25, -0.2) is 15.8 Å². The molecule has 0 spiro atoms. The number of carbonyl (C=O) groups excluding carboxylic acids is 1. The minimum absolute atomic E-state index is 0.0971. The Morgan fingerprint density at radius 1 is 0.641 bits per heavy atom. The van der Waals surface area contributed by atoms with Gasteiger partial charge in [-0.05, 0) is 99.5 Å². The molecule has 0 radical (unpaired) electrons. The molecule has 0 bridgehead atoms. The van der Waals surface area contributed by atoms with Crippen molar-refractivity contribution < 1.29 is 80.7 Å². The molecule has 20 nitrogen and oxygen atoms in total. The highest BCUT2D eigenvalue weighted by molar-refractivity contribution is 7.95. The molecule has 0 atom stereocenters. The first kappa shape index (κ1) is 58.2. The van der Waals surface area contributed by atoms with Gasteiger partial charge in [0.2, 0.25) is 23.8 Å². The molecule has 0 fully saturated rings. The standard InChI is InChI=1S/C54H57N5O15S4/c1-51(2)37-15-12-13-16-41(37)58(32-75-72-69-63)47(51)19-14-20-48-52(3,4)38-27-34(21-24-44(38)59(48)33-76-73-70-64)55-49(60)30-56-42-25-22-35(77-74-71-65)28-39(42)53(5,6)45(56)17-10-9-11-18-46-54(7,8)40-29-36(78(66,67)68)23-26-43(40)57(46)31-50(61)62/h9-29H,30-33H2,1-8H3,(H4-2,55,60,61,62,63,64,65,66,67,68)/p+2. The second kappa shape index (κ2) is 23.4. The van der Waals surface area contributed by atoms with Crippen molar-refractivity contribution in [2.24, 2.45) is 0 Å². The van der Waals surface area contributed by atoms with Crippen LogP contribution in [0.3, 0.4) is 0 Å². The summed E-state index contributed by atoms with van der Waals surface area (Å²) < 4.78 is 52.3. The summed E-state index contributed by atoms with van der Waals surface area (Å²) in [6, 6.07) is 23.4.